The Hall–Kier alpha value is -2.95. The molecule has 3 aromatic rings. The number of thioether (sulfide) groups is 1. The summed E-state index contributed by atoms with van der Waals surface area (Å²) in [6.45, 7) is 1.95. The van der Waals surface area contributed by atoms with Crippen LogP contribution in [0, 0.1) is 6.92 Å². The van der Waals surface area contributed by atoms with Crippen LogP contribution in [0.1, 0.15) is 5.56 Å². The summed E-state index contributed by atoms with van der Waals surface area (Å²) in [5.41, 5.74) is 15.4. The fourth-order valence-electron chi connectivity index (χ4n) is 3.16. The summed E-state index contributed by atoms with van der Waals surface area (Å²) in [7, 11) is 0. The van der Waals surface area contributed by atoms with Crippen LogP contribution in [0.2, 0.25) is 0 Å². The van der Waals surface area contributed by atoms with Gasteiger partial charge in [-0.3, -0.25) is 4.98 Å². The van der Waals surface area contributed by atoms with Crippen LogP contribution < -0.4 is 22.5 Å². The summed E-state index contributed by atoms with van der Waals surface area (Å²) in [5.74, 6) is 0. The number of anilines is 1. The molecule has 29 heavy (non-hydrogen) atoms. The van der Waals surface area contributed by atoms with Gasteiger partial charge in [0.15, 0.2) is 0 Å². The van der Waals surface area contributed by atoms with Gasteiger partial charge in [-0.15, -0.1) is 0 Å². The van der Waals surface area contributed by atoms with E-state index in [1.807, 2.05) is 31.2 Å². The third-order valence-corrected chi connectivity index (χ3v) is 5.63. The van der Waals surface area contributed by atoms with Crippen LogP contribution in [0.4, 0.5) is 10.1 Å². The summed E-state index contributed by atoms with van der Waals surface area (Å²) in [4.78, 5) is 18.2. The molecular weight excluding hydrogens is 393 g/mol. The molecule has 0 spiro atoms. The minimum atomic E-state index is -0.389. The molecule has 4 rings (SSSR count). The molecule has 3 heterocycles. The molecule has 10 heteroatoms. The third-order valence-electron chi connectivity index (χ3n) is 4.65. The van der Waals surface area contributed by atoms with E-state index in [1.165, 1.54) is 10.9 Å². The number of aryl methyl sites for hydroxylation is 1. The summed E-state index contributed by atoms with van der Waals surface area (Å²) in [5, 5.41) is 7.25. The Kier molecular flexibility index (Phi) is 5.22. The van der Waals surface area contributed by atoms with E-state index in [0.717, 1.165) is 32.1 Å². The third kappa shape index (κ3) is 3.69. The number of halogens is 1. The van der Waals surface area contributed by atoms with Gasteiger partial charge in [0.25, 0.3) is 0 Å². The molecule has 2 aromatic heterocycles. The van der Waals surface area contributed by atoms with Crippen LogP contribution in [0.15, 0.2) is 58.4 Å². The van der Waals surface area contributed by atoms with Gasteiger partial charge in [0.05, 0.1) is 36.1 Å². The van der Waals surface area contributed by atoms with Crippen LogP contribution in [-0.4, -0.2) is 31.4 Å². The van der Waals surface area contributed by atoms with Crippen molar-refractivity contribution in [1.82, 2.24) is 19.3 Å². The van der Waals surface area contributed by atoms with Crippen molar-refractivity contribution in [3.63, 3.8) is 0 Å². The molecule has 0 fully saturated rings. The highest BCUT2D eigenvalue weighted by molar-refractivity contribution is 8.00. The van der Waals surface area contributed by atoms with Gasteiger partial charge in [-0.2, -0.15) is 5.10 Å². The van der Waals surface area contributed by atoms with Crippen molar-refractivity contribution in [3.05, 3.63) is 64.7 Å². The maximum Gasteiger partial charge on any atom is 0.350 e. The van der Waals surface area contributed by atoms with E-state index in [4.69, 9.17) is 11.5 Å². The van der Waals surface area contributed by atoms with E-state index in [-0.39, 0.29) is 29.9 Å². The molecule has 1 atom stereocenters. The fourth-order valence-corrected chi connectivity index (χ4v) is 4.02. The lowest BCUT2D eigenvalue weighted by Crippen LogP contribution is -2.26. The number of fused-ring (bicyclic) bond motifs is 1. The number of nitrogens with zero attached hydrogens (tertiary/aromatic N) is 4. The summed E-state index contributed by atoms with van der Waals surface area (Å²) >= 11 is 1.57. The van der Waals surface area contributed by atoms with E-state index in [2.05, 4.69) is 15.4 Å². The Balaban J connectivity index is 1.64. The lowest BCUT2D eigenvalue weighted by Gasteiger charge is -2.09. The Morgan fingerprint density at radius 1 is 1.41 bits per heavy atom. The quantitative estimate of drug-likeness (QED) is 0.585. The largest absolute Gasteiger partial charge is 0.360 e. The average molecular weight is 413 g/mol. The van der Waals surface area contributed by atoms with E-state index < -0.39 is 0 Å². The fraction of sp³-hybridized carbons (Fsp3) is 0.211. The second-order valence-electron chi connectivity index (χ2n) is 6.67. The number of benzene rings is 1. The van der Waals surface area contributed by atoms with Crippen LogP contribution in [-0.2, 0) is 6.54 Å². The Morgan fingerprint density at radius 2 is 2.24 bits per heavy atom. The predicted octanol–water partition coefficient (Wildman–Crippen LogP) is 1.98. The van der Waals surface area contributed by atoms with E-state index in [0.29, 0.717) is 12.0 Å². The standard InChI is InChI=1S/C19H20FN7OS/c1-11-4-14(26-10-24-27(19(26)28)9-12(6-20)7-21)8-23-17(11)13-2-3-16-15(5-13)25-18(22)29-16/h2-6,8,10,18,25H,7,9,21-22H2,1H3/b12-6+. The van der Waals surface area contributed by atoms with Crippen molar-refractivity contribution in [3.8, 4) is 16.9 Å². The zero-order valence-electron chi connectivity index (χ0n) is 15.7. The van der Waals surface area contributed by atoms with Crippen LogP contribution >= 0.6 is 11.8 Å². The van der Waals surface area contributed by atoms with Crippen LogP contribution in [0.5, 0.6) is 0 Å². The van der Waals surface area contributed by atoms with Gasteiger partial charge in [-0.25, -0.2) is 18.4 Å². The van der Waals surface area contributed by atoms with Crippen molar-refractivity contribution >= 4 is 17.4 Å². The molecular formula is C19H20FN7OS. The highest BCUT2D eigenvalue weighted by Crippen LogP contribution is 2.39. The van der Waals surface area contributed by atoms with Gasteiger partial charge in [-0.1, -0.05) is 17.8 Å². The minimum Gasteiger partial charge on any atom is -0.360 e. The molecule has 1 aliphatic heterocycles. The molecule has 0 bridgehead atoms. The highest BCUT2D eigenvalue weighted by atomic mass is 32.2. The number of rotatable bonds is 5. The van der Waals surface area contributed by atoms with E-state index in [1.54, 1.807) is 18.0 Å². The van der Waals surface area contributed by atoms with Crippen molar-refractivity contribution in [2.45, 2.75) is 23.9 Å². The van der Waals surface area contributed by atoms with Gasteiger partial charge >= 0.3 is 5.69 Å². The zero-order valence-corrected chi connectivity index (χ0v) is 16.5. The van der Waals surface area contributed by atoms with Gasteiger partial charge in [0.2, 0.25) is 0 Å². The summed E-state index contributed by atoms with van der Waals surface area (Å²) < 4.78 is 15.3. The van der Waals surface area contributed by atoms with E-state index >= 15 is 0 Å². The van der Waals surface area contributed by atoms with E-state index in [9.17, 15) is 9.18 Å². The average Bonchev–Trinajstić information content (AvgIpc) is 3.26. The van der Waals surface area contributed by atoms with Crippen LogP contribution in [0.25, 0.3) is 16.9 Å². The lowest BCUT2D eigenvalue weighted by atomic mass is 10.1. The van der Waals surface area contributed by atoms with Gasteiger partial charge in [0.1, 0.15) is 11.8 Å². The number of hydrogen-bond acceptors (Lipinski definition) is 7. The topological polar surface area (TPSA) is 117 Å². The van der Waals surface area contributed by atoms with Gasteiger partial charge in [-0.05, 0) is 36.3 Å². The Labute approximate surface area is 170 Å². The molecule has 0 amide bonds. The van der Waals surface area contributed by atoms with Crippen molar-refractivity contribution in [1.29, 1.82) is 0 Å². The first kappa shape index (κ1) is 19.4. The van der Waals surface area contributed by atoms with Gasteiger partial charge < -0.3 is 16.8 Å². The molecule has 1 aromatic carbocycles. The summed E-state index contributed by atoms with van der Waals surface area (Å²) in [6, 6.07) is 7.91. The molecule has 0 radical (unpaired) electrons. The molecule has 0 saturated heterocycles. The maximum atomic E-state index is 12.8. The lowest BCUT2D eigenvalue weighted by molar-refractivity contribution is 0.612. The smallest absolute Gasteiger partial charge is 0.350 e. The second kappa shape index (κ2) is 7.82. The molecule has 150 valence electrons. The number of hydrogen-bond donors (Lipinski definition) is 3. The number of aromatic nitrogens is 4. The number of nitrogens with one attached hydrogen (secondary N) is 1. The molecule has 8 nitrogen and oxygen atoms in total. The normalized spacial score (nSPS) is 16.0. The maximum absolute atomic E-state index is 12.8. The minimum absolute atomic E-state index is 0.00556. The molecule has 1 aliphatic rings. The first-order valence-electron chi connectivity index (χ1n) is 8.93. The predicted molar refractivity (Wildman–Crippen MR) is 111 cm³/mol. The van der Waals surface area contributed by atoms with Crippen LogP contribution in [0.3, 0.4) is 0 Å². The SMILES string of the molecule is Cc1cc(-n2cnn(C/C(=C/F)CN)c2=O)cnc1-c1ccc2c(c1)NC(N)S2. The second-order valence-corrected chi connectivity index (χ2v) is 7.85. The van der Waals surface area contributed by atoms with Gasteiger partial charge in [0, 0.05) is 17.0 Å². The molecule has 1 unspecified atom stereocenters. The van der Waals surface area contributed by atoms with Crippen molar-refractivity contribution in [2.75, 3.05) is 11.9 Å². The Morgan fingerprint density at radius 3 is 2.97 bits per heavy atom. The van der Waals surface area contributed by atoms with Crippen molar-refractivity contribution < 1.29 is 4.39 Å². The summed E-state index contributed by atoms with van der Waals surface area (Å²) in [6.07, 6.45) is 3.41. The first-order valence-corrected chi connectivity index (χ1v) is 9.81. The highest BCUT2D eigenvalue weighted by Gasteiger charge is 2.19. The molecule has 0 saturated carbocycles. The first-order chi connectivity index (χ1) is 14.0. The monoisotopic (exact) mass is 413 g/mol. The molecule has 5 N–H and O–H groups in total. The number of pyridine rings is 1. The number of nitrogens with two attached hydrogens (primary N) is 2. The van der Waals surface area contributed by atoms with Crippen molar-refractivity contribution in [2.24, 2.45) is 11.5 Å². The molecule has 0 aliphatic carbocycles. The zero-order chi connectivity index (χ0) is 20.5. The Bertz CT molecular complexity index is 1150.